The molecule has 3 aliphatic heterocycles. The molecule has 7 heteroatoms. The number of nitrogens with one attached hydrogen (secondary N) is 1. The van der Waals surface area contributed by atoms with Crippen LogP contribution in [-0.2, 0) is 10.2 Å². The molecule has 1 fully saturated rings. The minimum Gasteiger partial charge on any atom is -0.358 e. The standard InChI is InChI=1S/C32H22FN3O3/c33-22-13-11-20(12-14-22)29(38)27-26(28(37)21-7-5-16-34-18-21)32(24-9-3-4-10-25(24)35-31(32)39)30-23-8-2-1-6-19(23)15-17-36(27)30/h1-18,26-27,30H,(H,35,39)/t26?,27?,30?,32-/m0/s1. The molecule has 3 aliphatic rings. The lowest BCUT2D eigenvalue weighted by atomic mass is 9.62. The Morgan fingerprint density at radius 1 is 0.872 bits per heavy atom. The molecule has 3 unspecified atom stereocenters. The Bertz CT molecular complexity index is 1680. The van der Waals surface area contributed by atoms with Crippen LogP contribution in [0.3, 0.4) is 0 Å². The minimum atomic E-state index is -1.41. The summed E-state index contributed by atoms with van der Waals surface area (Å²) in [5, 5.41) is 3.02. The monoisotopic (exact) mass is 515 g/mol. The molecule has 3 aromatic carbocycles. The molecule has 1 saturated heterocycles. The molecule has 39 heavy (non-hydrogen) atoms. The highest BCUT2D eigenvalue weighted by Gasteiger charge is 2.70. The summed E-state index contributed by atoms with van der Waals surface area (Å²) in [5.74, 6) is -2.61. The lowest BCUT2D eigenvalue weighted by Gasteiger charge is -2.38. The second kappa shape index (κ2) is 8.56. The zero-order valence-corrected chi connectivity index (χ0v) is 20.6. The Balaban J connectivity index is 1.54. The van der Waals surface area contributed by atoms with E-state index in [2.05, 4.69) is 10.3 Å². The number of carbonyl (C=O) groups excluding carboxylic acids is 3. The summed E-state index contributed by atoms with van der Waals surface area (Å²) in [7, 11) is 0. The van der Waals surface area contributed by atoms with E-state index in [4.69, 9.17) is 0 Å². The lowest BCUT2D eigenvalue weighted by molar-refractivity contribution is -0.122. The quantitative estimate of drug-likeness (QED) is 0.378. The van der Waals surface area contributed by atoms with Crippen LogP contribution in [0, 0.1) is 11.7 Å². The fourth-order valence-corrected chi connectivity index (χ4v) is 6.64. The van der Waals surface area contributed by atoms with Gasteiger partial charge in [0, 0.05) is 35.4 Å². The largest absolute Gasteiger partial charge is 0.358 e. The second-order valence-electron chi connectivity index (χ2n) is 10.1. The smallest absolute Gasteiger partial charge is 0.238 e. The van der Waals surface area contributed by atoms with Crippen molar-refractivity contribution in [2.45, 2.75) is 17.5 Å². The lowest BCUT2D eigenvalue weighted by Crippen LogP contribution is -2.49. The summed E-state index contributed by atoms with van der Waals surface area (Å²) in [5.41, 5.74) is 2.22. The van der Waals surface area contributed by atoms with Gasteiger partial charge in [-0.05, 0) is 65.2 Å². The van der Waals surface area contributed by atoms with Gasteiger partial charge in [-0.3, -0.25) is 19.4 Å². The maximum Gasteiger partial charge on any atom is 0.238 e. The van der Waals surface area contributed by atoms with Gasteiger partial charge in [0.2, 0.25) is 5.91 Å². The molecule has 190 valence electrons. The number of amides is 1. The summed E-state index contributed by atoms with van der Waals surface area (Å²) < 4.78 is 13.8. The van der Waals surface area contributed by atoms with Crippen molar-refractivity contribution in [1.82, 2.24) is 9.88 Å². The topological polar surface area (TPSA) is 79.4 Å². The Morgan fingerprint density at radius 2 is 1.64 bits per heavy atom. The second-order valence-corrected chi connectivity index (χ2v) is 10.1. The van der Waals surface area contributed by atoms with Crippen LogP contribution in [0.4, 0.5) is 10.1 Å². The number of rotatable bonds is 4. The van der Waals surface area contributed by atoms with Crippen LogP contribution < -0.4 is 5.32 Å². The SMILES string of the molecule is O=C(c1ccc(F)cc1)C1C(C(=O)c2cccnc2)[C@]2(C(=O)Nc3ccccc32)C2c3ccccc3C=CN12. The number of hydrogen-bond donors (Lipinski definition) is 1. The van der Waals surface area contributed by atoms with Crippen LogP contribution in [0.5, 0.6) is 0 Å². The van der Waals surface area contributed by atoms with Gasteiger partial charge in [-0.2, -0.15) is 0 Å². The Morgan fingerprint density at radius 3 is 2.44 bits per heavy atom. The summed E-state index contributed by atoms with van der Waals surface area (Å²) >= 11 is 0. The van der Waals surface area contributed by atoms with Crippen LogP contribution in [-0.4, -0.2) is 33.4 Å². The molecule has 1 N–H and O–H groups in total. The van der Waals surface area contributed by atoms with Crippen molar-refractivity contribution in [3.05, 3.63) is 137 Å². The van der Waals surface area contributed by atoms with E-state index in [9.17, 15) is 18.8 Å². The number of carbonyl (C=O) groups is 3. The molecule has 0 radical (unpaired) electrons. The van der Waals surface area contributed by atoms with Gasteiger partial charge in [-0.15, -0.1) is 0 Å². The zero-order valence-electron chi connectivity index (χ0n) is 20.6. The Labute approximate surface area is 223 Å². The van der Waals surface area contributed by atoms with Crippen LogP contribution in [0.1, 0.15) is 43.4 Å². The first-order chi connectivity index (χ1) is 19.0. The third kappa shape index (κ3) is 3.19. The van der Waals surface area contributed by atoms with E-state index in [1.807, 2.05) is 65.7 Å². The number of anilines is 1. The van der Waals surface area contributed by atoms with Gasteiger partial charge >= 0.3 is 0 Å². The van der Waals surface area contributed by atoms with E-state index in [0.717, 1.165) is 11.1 Å². The number of para-hydroxylation sites is 1. The molecule has 7 rings (SSSR count). The number of Topliss-reactive ketones (excluding diaryl/α,β-unsaturated/α-hetero) is 2. The van der Waals surface area contributed by atoms with E-state index in [-0.39, 0.29) is 23.0 Å². The maximum absolute atomic E-state index is 14.5. The highest BCUT2D eigenvalue weighted by molar-refractivity contribution is 6.16. The van der Waals surface area contributed by atoms with Crippen LogP contribution in [0.2, 0.25) is 0 Å². The van der Waals surface area contributed by atoms with E-state index < -0.39 is 29.2 Å². The van der Waals surface area contributed by atoms with Crippen LogP contribution in [0.25, 0.3) is 6.08 Å². The third-order valence-electron chi connectivity index (χ3n) is 8.20. The Hall–Kier alpha value is -4.91. The van der Waals surface area contributed by atoms with Crippen molar-refractivity contribution < 1.29 is 18.8 Å². The number of benzene rings is 3. The Kier molecular flexibility index (Phi) is 5.10. The number of pyridine rings is 1. The van der Waals surface area contributed by atoms with Gasteiger partial charge in [-0.1, -0.05) is 42.5 Å². The highest BCUT2D eigenvalue weighted by atomic mass is 19.1. The van der Waals surface area contributed by atoms with Gasteiger partial charge in [-0.25, -0.2) is 4.39 Å². The highest BCUT2D eigenvalue weighted by Crippen LogP contribution is 2.62. The molecule has 0 saturated carbocycles. The van der Waals surface area contributed by atoms with E-state index in [0.29, 0.717) is 16.8 Å². The molecular formula is C32H22FN3O3. The molecule has 0 aliphatic carbocycles. The molecule has 0 bridgehead atoms. The number of halogens is 1. The average molecular weight is 516 g/mol. The van der Waals surface area contributed by atoms with E-state index in [1.165, 1.54) is 30.5 Å². The normalized spacial score (nSPS) is 24.2. The van der Waals surface area contributed by atoms with Gasteiger partial charge in [0.25, 0.3) is 0 Å². The number of fused-ring (bicyclic) bond motifs is 6. The van der Waals surface area contributed by atoms with Crippen LogP contribution >= 0.6 is 0 Å². The van der Waals surface area contributed by atoms with Gasteiger partial charge < -0.3 is 10.2 Å². The third-order valence-corrected chi connectivity index (χ3v) is 8.20. The summed E-state index contributed by atoms with van der Waals surface area (Å²) in [6, 6.07) is 22.0. The molecule has 4 heterocycles. The van der Waals surface area contributed by atoms with Crippen molar-refractivity contribution in [3.63, 3.8) is 0 Å². The van der Waals surface area contributed by atoms with E-state index in [1.54, 1.807) is 18.3 Å². The molecule has 6 nitrogen and oxygen atoms in total. The number of nitrogens with zero attached hydrogens (tertiary/aromatic N) is 2. The van der Waals surface area contributed by atoms with Gasteiger partial charge in [0.05, 0.1) is 12.0 Å². The first-order valence-electron chi connectivity index (χ1n) is 12.7. The first kappa shape index (κ1) is 23.2. The average Bonchev–Trinajstić information content (AvgIpc) is 3.45. The van der Waals surface area contributed by atoms with Crippen molar-refractivity contribution in [2.24, 2.45) is 5.92 Å². The number of aromatic nitrogens is 1. The predicted octanol–water partition coefficient (Wildman–Crippen LogP) is 5.20. The fraction of sp³-hybridized carbons (Fsp3) is 0.125. The molecule has 4 aromatic rings. The summed E-state index contributed by atoms with van der Waals surface area (Å²) in [6.07, 6.45) is 6.75. The van der Waals surface area contributed by atoms with E-state index >= 15 is 0 Å². The molecule has 1 amide bonds. The predicted molar refractivity (Wildman–Crippen MR) is 143 cm³/mol. The zero-order chi connectivity index (χ0) is 26.7. The fourth-order valence-electron chi connectivity index (χ4n) is 6.64. The first-order valence-corrected chi connectivity index (χ1v) is 12.7. The molecule has 4 atom stereocenters. The van der Waals surface area contributed by atoms with Crippen molar-refractivity contribution in [1.29, 1.82) is 0 Å². The van der Waals surface area contributed by atoms with Crippen molar-refractivity contribution in [2.75, 3.05) is 5.32 Å². The van der Waals surface area contributed by atoms with Gasteiger partial charge in [0.15, 0.2) is 11.6 Å². The summed E-state index contributed by atoms with van der Waals surface area (Å²) in [6.45, 7) is 0. The maximum atomic E-state index is 14.5. The molecular weight excluding hydrogens is 493 g/mol. The number of ketones is 2. The molecule has 1 aromatic heterocycles. The van der Waals surface area contributed by atoms with Crippen molar-refractivity contribution in [3.8, 4) is 0 Å². The number of hydrogen-bond acceptors (Lipinski definition) is 5. The minimum absolute atomic E-state index is 0.264. The van der Waals surface area contributed by atoms with Crippen LogP contribution in [0.15, 0.2) is 104 Å². The van der Waals surface area contributed by atoms with Gasteiger partial charge in [0.1, 0.15) is 17.3 Å². The molecule has 1 spiro atoms. The summed E-state index contributed by atoms with van der Waals surface area (Å²) in [4.78, 5) is 49.2. The van der Waals surface area contributed by atoms with Crippen molar-refractivity contribution >= 4 is 29.2 Å².